The fourth-order valence-corrected chi connectivity index (χ4v) is 4.17. The van der Waals surface area contributed by atoms with Crippen molar-refractivity contribution in [3.05, 3.63) is 69.1 Å². The summed E-state index contributed by atoms with van der Waals surface area (Å²) < 4.78 is 15.7. The molecule has 3 aromatic rings. The second kappa shape index (κ2) is 10.6. The number of non-ortho nitro benzene ring substituents is 1. The summed E-state index contributed by atoms with van der Waals surface area (Å²) in [6.07, 6.45) is -0.000521. The van der Waals surface area contributed by atoms with Gasteiger partial charge in [0.25, 0.3) is 5.69 Å². The predicted octanol–water partition coefficient (Wildman–Crippen LogP) is 4.70. The summed E-state index contributed by atoms with van der Waals surface area (Å²) in [5.74, 6) is 0.105. The van der Waals surface area contributed by atoms with Gasteiger partial charge < -0.3 is 19.5 Å². The summed E-state index contributed by atoms with van der Waals surface area (Å²) in [5, 5.41) is 15.9. The molecule has 33 heavy (non-hydrogen) atoms. The molecule has 0 radical (unpaired) electrons. The molecular formula is C23H22N2O7S. The second-order valence-electron chi connectivity index (χ2n) is 6.78. The van der Waals surface area contributed by atoms with Crippen molar-refractivity contribution in [2.24, 2.45) is 0 Å². The zero-order chi connectivity index (χ0) is 24.0. The van der Waals surface area contributed by atoms with E-state index in [2.05, 4.69) is 5.32 Å². The van der Waals surface area contributed by atoms with Crippen LogP contribution in [0.2, 0.25) is 0 Å². The average Bonchev–Trinajstić information content (AvgIpc) is 3.23. The first kappa shape index (κ1) is 23.7. The molecule has 0 bridgehead atoms. The van der Waals surface area contributed by atoms with Crippen molar-refractivity contribution in [2.45, 2.75) is 13.3 Å². The number of benzene rings is 2. The maximum absolute atomic E-state index is 12.8. The molecule has 10 heteroatoms. The number of hydrogen-bond acceptors (Lipinski definition) is 8. The number of nitrogens with zero attached hydrogens (tertiary/aromatic N) is 1. The fraction of sp³-hybridized carbons (Fsp3) is 0.217. The second-order valence-corrected chi connectivity index (χ2v) is 7.66. The van der Waals surface area contributed by atoms with Crippen molar-refractivity contribution in [2.75, 3.05) is 26.1 Å². The molecule has 0 aliphatic carbocycles. The molecule has 0 atom stereocenters. The summed E-state index contributed by atoms with van der Waals surface area (Å²) in [7, 11) is 3.04. The minimum absolute atomic E-state index is 0.000521. The number of methoxy groups -OCH3 is 2. The largest absolute Gasteiger partial charge is 0.497 e. The topological polar surface area (TPSA) is 117 Å². The minimum atomic E-state index is -0.627. The Bertz CT molecular complexity index is 1190. The van der Waals surface area contributed by atoms with Gasteiger partial charge in [-0.2, -0.15) is 0 Å². The summed E-state index contributed by atoms with van der Waals surface area (Å²) in [5.41, 5.74) is 1.60. The molecule has 9 nitrogen and oxygen atoms in total. The van der Waals surface area contributed by atoms with Crippen molar-refractivity contribution in [1.29, 1.82) is 0 Å². The number of nitro groups is 1. The molecule has 0 spiro atoms. The molecule has 172 valence electrons. The van der Waals surface area contributed by atoms with E-state index >= 15 is 0 Å². The Morgan fingerprint density at radius 2 is 1.91 bits per heavy atom. The lowest BCUT2D eigenvalue weighted by Gasteiger charge is -2.11. The number of nitrogens with one attached hydrogen (secondary N) is 1. The Morgan fingerprint density at radius 3 is 2.58 bits per heavy atom. The Hall–Kier alpha value is -3.92. The van der Waals surface area contributed by atoms with E-state index in [1.807, 2.05) is 0 Å². The van der Waals surface area contributed by atoms with E-state index in [0.29, 0.717) is 33.2 Å². The zero-order valence-corrected chi connectivity index (χ0v) is 19.1. The number of esters is 1. The fourth-order valence-electron chi connectivity index (χ4n) is 3.20. The highest BCUT2D eigenvalue weighted by Crippen LogP contribution is 2.37. The first-order valence-electron chi connectivity index (χ1n) is 9.92. The number of carbonyl (C=O) groups is 2. The van der Waals surface area contributed by atoms with Crippen LogP contribution in [0.25, 0.3) is 11.1 Å². The SMILES string of the molecule is CCOC(=O)c1c(-c2cccc([N+](=O)[O-])c2)csc1NC(=O)Cc1ccc(OC)cc1OC. The molecule has 0 saturated carbocycles. The van der Waals surface area contributed by atoms with Crippen LogP contribution in [0.4, 0.5) is 10.7 Å². The maximum atomic E-state index is 12.8. The summed E-state index contributed by atoms with van der Waals surface area (Å²) in [6, 6.07) is 11.1. The van der Waals surface area contributed by atoms with Gasteiger partial charge in [0.2, 0.25) is 5.91 Å². The zero-order valence-electron chi connectivity index (χ0n) is 18.2. The third-order valence-corrected chi connectivity index (χ3v) is 5.63. The highest BCUT2D eigenvalue weighted by molar-refractivity contribution is 7.15. The lowest BCUT2D eigenvalue weighted by atomic mass is 10.0. The van der Waals surface area contributed by atoms with Crippen LogP contribution in [0, 0.1) is 10.1 Å². The van der Waals surface area contributed by atoms with Crippen LogP contribution in [0.3, 0.4) is 0 Å². The molecule has 0 saturated heterocycles. The normalized spacial score (nSPS) is 10.4. The van der Waals surface area contributed by atoms with Crippen molar-refractivity contribution < 1.29 is 28.7 Å². The van der Waals surface area contributed by atoms with Crippen LogP contribution in [0.15, 0.2) is 47.8 Å². The standard InChI is InChI=1S/C23H22N2O7S/c1-4-32-23(27)21-18(14-6-5-7-16(10-14)25(28)29)13-33-22(21)24-20(26)11-15-8-9-17(30-2)12-19(15)31-3/h5-10,12-13H,4,11H2,1-3H3,(H,24,26). The first-order valence-corrected chi connectivity index (χ1v) is 10.8. The van der Waals surface area contributed by atoms with Gasteiger partial charge in [-0.3, -0.25) is 14.9 Å². The van der Waals surface area contributed by atoms with Gasteiger partial charge in [-0.15, -0.1) is 11.3 Å². The van der Waals surface area contributed by atoms with Gasteiger partial charge in [0.1, 0.15) is 22.1 Å². The number of rotatable bonds is 9. The van der Waals surface area contributed by atoms with E-state index in [9.17, 15) is 19.7 Å². The molecule has 0 fully saturated rings. The van der Waals surface area contributed by atoms with Crippen molar-refractivity contribution in [3.63, 3.8) is 0 Å². The molecule has 1 amide bonds. The third kappa shape index (κ3) is 5.47. The Morgan fingerprint density at radius 1 is 1.12 bits per heavy atom. The van der Waals surface area contributed by atoms with Gasteiger partial charge in [0.15, 0.2) is 0 Å². The van der Waals surface area contributed by atoms with Crippen LogP contribution in [0.5, 0.6) is 11.5 Å². The Balaban J connectivity index is 1.92. The summed E-state index contributed by atoms with van der Waals surface area (Å²) in [4.78, 5) is 36.2. The van der Waals surface area contributed by atoms with Crippen LogP contribution in [-0.2, 0) is 16.0 Å². The van der Waals surface area contributed by atoms with Crippen molar-refractivity contribution in [1.82, 2.24) is 0 Å². The Kier molecular flexibility index (Phi) is 7.62. The van der Waals surface area contributed by atoms with Gasteiger partial charge in [0.05, 0.1) is 32.2 Å². The smallest absolute Gasteiger partial charge is 0.341 e. The van der Waals surface area contributed by atoms with Gasteiger partial charge in [-0.25, -0.2) is 4.79 Å². The van der Waals surface area contributed by atoms with Crippen molar-refractivity contribution >= 4 is 33.9 Å². The molecule has 0 aliphatic rings. The van der Waals surface area contributed by atoms with E-state index in [0.717, 1.165) is 11.3 Å². The summed E-state index contributed by atoms with van der Waals surface area (Å²) in [6.45, 7) is 1.81. The lowest BCUT2D eigenvalue weighted by molar-refractivity contribution is -0.384. The number of ether oxygens (including phenoxy) is 3. The third-order valence-electron chi connectivity index (χ3n) is 4.74. The highest BCUT2D eigenvalue weighted by Gasteiger charge is 2.24. The molecular weight excluding hydrogens is 448 g/mol. The number of thiophene rings is 1. The highest BCUT2D eigenvalue weighted by atomic mass is 32.1. The van der Waals surface area contributed by atoms with Gasteiger partial charge in [0, 0.05) is 34.7 Å². The molecule has 2 aromatic carbocycles. The molecule has 1 N–H and O–H groups in total. The van der Waals surface area contributed by atoms with Crippen LogP contribution in [-0.4, -0.2) is 37.6 Å². The van der Waals surface area contributed by atoms with Gasteiger partial charge in [-0.05, 0) is 18.6 Å². The van der Waals surface area contributed by atoms with Gasteiger partial charge >= 0.3 is 5.97 Å². The molecule has 0 aliphatic heterocycles. The average molecular weight is 471 g/mol. The monoisotopic (exact) mass is 470 g/mol. The van der Waals surface area contributed by atoms with Crippen LogP contribution >= 0.6 is 11.3 Å². The van der Waals surface area contributed by atoms with E-state index in [1.165, 1.54) is 32.4 Å². The van der Waals surface area contributed by atoms with Gasteiger partial charge in [-0.1, -0.05) is 18.2 Å². The van der Waals surface area contributed by atoms with E-state index in [1.54, 1.807) is 36.6 Å². The minimum Gasteiger partial charge on any atom is -0.497 e. The molecule has 0 unspecified atom stereocenters. The quantitative estimate of drug-likeness (QED) is 0.274. The van der Waals surface area contributed by atoms with E-state index < -0.39 is 10.9 Å². The lowest BCUT2D eigenvalue weighted by Crippen LogP contribution is -2.17. The predicted molar refractivity (Wildman–Crippen MR) is 124 cm³/mol. The van der Waals surface area contributed by atoms with Crippen molar-refractivity contribution in [3.8, 4) is 22.6 Å². The molecule has 3 rings (SSSR count). The number of hydrogen-bond donors (Lipinski definition) is 1. The summed E-state index contributed by atoms with van der Waals surface area (Å²) >= 11 is 1.14. The van der Waals surface area contributed by atoms with E-state index in [4.69, 9.17) is 14.2 Å². The number of carbonyl (C=O) groups excluding carboxylic acids is 2. The number of nitro benzene ring substituents is 1. The number of amides is 1. The Labute approximate surface area is 194 Å². The molecule has 1 heterocycles. The first-order chi connectivity index (χ1) is 15.9. The van der Waals surface area contributed by atoms with Crippen LogP contribution in [0.1, 0.15) is 22.8 Å². The molecule has 1 aromatic heterocycles. The van der Waals surface area contributed by atoms with E-state index in [-0.39, 0.29) is 30.2 Å². The van der Waals surface area contributed by atoms with Crippen LogP contribution < -0.4 is 14.8 Å². The maximum Gasteiger partial charge on any atom is 0.341 e. The number of anilines is 1.